The Bertz CT molecular complexity index is 401. The predicted molar refractivity (Wildman–Crippen MR) is 76.5 cm³/mol. The van der Waals surface area contributed by atoms with Crippen LogP contribution in [0, 0.1) is 0 Å². The molecule has 1 N–H and O–H groups in total. The quantitative estimate of drug-likeness (QED) is 0.873. The van der Waals surface area contributed by atoms with Crippen molar-refractivity contribution in [1.82, 2.24) is 10.2 Å². The molecule has 98 valence electrons. The molecular weight excluding hydrogens is 292 g/mol. The maximum Gasteiger partial charge on any atom is 0.236 e. The smallest absolute Gasteiger partial charge is 0.236 e. The summed E-state index contributed by atoms with van der Waals surface area (Å²) >= 11 is 3.42. The molecule has 3 nitrogen and oxygen atoms in total. The van der Waals surface area contributed by atoms with Crippen molar-refractivity contribution in [2.45, 2.75) is 25.3 Å². The van der Waals surface area contributed by atoms with Crippen molar-refractivity contribution in [2.24, 2.45) is 0 Å². The van der Waals surface area contributed by atoms with Crippen LogP contribution in [0.25, 0.3) is 0 Å². The van der Waals surface area contributed by atoms with Crippen molar-refractivity contribution < 1.29 is 4.79 Å². The van der Waals surface area contributed by atoms with Gasteiger partial charge < -0.3 is 10.2 Å². The summed E-state index contributed by atoms with van der Waals surface area (Å²) in [5.74, 6) is 0.180. The predicted octanol–water partition coefficient (Wildman–Crippen LogP) is 2.20. The average molecular weight is 311 g/mol. The normalized spacial score (nSPS) is 14.6. The van der Waals surface area contributed by atoms with Crippen LogP contribution in [0.5, 0.6) is 0 Å². The molecule has 2 rings (SSSR count). The molecular formula is C14H19BrN2O. The molecule has 1 fully saturated rings. The van der Waals surface area contributed by atoms with E-state index in [1.807, 2.05) is 19.2 Å². The first-order chi connectivity index (χ1) is 8.65. The lowest BCUT2D eigenvalue weighted by Gasteiger charge is -2.17. The Morgan fingerprint density at radius 3 is 2.67 bits per heavy atom. The van der Waals surface area contributed by atoms with Gasteiger partial charge in [-0.2, -0.15) is 0 Å². The summed E-state index contributed by atoms with van der Waals surface area (Å²) in [6, 6.07) is 8.83. The Morgan fingerprint density at radius 2 is 2.06 bits per heavy atom. The minimum Gasteiger partial charge on any atom is -0.344 e. The van der Waals surface area contributed by atoms with Crippen LogP contribution in [0.3, 0.4) is 0 Å². The molecule has 0 saturated heterocycles. The third-order valence-electron chi connectivity index (χ3n) is 3.19. The summed E-state index contributed by atoms with van der Waals surface area (Å²) in [6.07, 6.45) is 3.34. The highest BCUT2D eigenvalue weighted by molar-refractivity contribution is 9.10. The van der Waals surface area contributed by atoms with Gasteiger partial charge in [0, 0.05) is 24.1 Å². The fourth-order valence-corrected chi connectivity index (χ4v) is 1.99. The molecule has 0 heterocycles. The number of amides is 1. The van der Waals surface area contributed by atoms with Crippen LogP contribution in [0.2, 0.25) is 0 Å². The number of rotatable bonds is 6. The third-order valence-corrected chi connectivity index (χ3v) is 3.72. The second-order valence-electron chi connectivity index (χ2n) is 4.85. The summed E-state index contributed by atoms with van der Waals surface area (Å²) in [6.45, 7) is 1.24. The second kappa shape index (κ2) is 6.34. The summed E-state index contributed by atoms with van der Waals surface area (Å²) in [7, 11) is 1.87. The lowest BCUT2D eigenvalue weighted by molar-refractivity contribution is -0.128. The van der Waals surface area contributed by atoms with Crippen LogP contribution in [0.15, 0.2) is 28.7 Å². The lowest BCUT2D eigenvalue weighted by atomic mass is 10.1. The highest BCUT2D eigenvalue weighted by Crippen LogP contribution is 2.18. The van der Waals surface area contributed by atoms with Gasteiger partial charge in [-0.15, -0.1) is 0 Å². The zero-order chi connectivity index (χ0) is 13.0. The van der Waals surface area contributed by atoms with E-state index in [2.05, 4.69) is 33.4 Å². The zero-order valence-electron chi connectivity index (χ0n) is 10.7. The Labute approximate surface area is 117 Å². The molecule has 1 aliphatic rings. The Hall–Kier alpha value is -0.870. The molecule has 0 aliphatic heterocycles. The molecule has 1 aromatic rings. The standard InChI is InChI=1S/C14H19BrN2O/c1-17(14(18)10-16-13-6-7-13)9-8-11-2-4-12(15)5-3-11/h2-5,13,16H,6-10H2,1H3. The number of carbonyl (C=O) groups excluding carboxylic acids is 1. The minimum atomic E-state index is 0.180. The molecule has 0 radical (unpaired) electrons. The van der Waals surface area contributed by atoms with Crippen LogP contribution < -0.4 is 5.32 Å². The van der Waals surface area contributed by atoms with Crippen molar-refractivity contribution in [1.29, 1.82) is 0 Å². The van der Waals surface area contributed by atoms with Gasteiger partial charge in [0.1, 0.15) is 0 Å². The van der Waals surface area contributed by atoms with Gasteiger partial charge in [-0.1, -0.05) is 28.1 Å². The van der Waals surface area contributed by atoms with Gasteiger partial charge in [0.25, 0.3) is 0 Å². The van der Waals surface area contributed by atoms with Gasteiger partial charge in [-0.25, -0.2) is 0 Å². The van der Waals surface area contributed by atoms with E-state index in [9.17, 15) is 4.79 Å². The first kappa shape index (κ1) is 13.6. The topological polar surface area (TPSA) is 32.3 Å². The van der Waals surface area contributed by atoms with Crippen molar-refractivity contribution >= 4 is 21.8 Å². The SMILES string of the molecule is CN(CCc1ccc(Br)cc1)C(=O)CNC1CC1. The van der Waals surface area contributed by atoms with Gasteiger partial charge in [0.15, 0.2) is 0 Å². The van der Waals surface area contributed by atoms with Crippen LogP contribution in [0.4, 0.5) is 0 Å². The largest absolute Gasteiger partial charge is 0.344 e. The molecule has 1 aromatic carbocycles. The van der Waals surface area contributed by atoms with E-state index in [1.54, 1.807) is 4.90 Å². The fourth-order valence-electron chi connectivity index (χ4n) is 1.73. The Kier molecular flexibility index (Phi) is 4.78. The first-order valence-electron chi connectivity index (χ1n) is 6.37. The number of nitrogens with one attached hydrogen (secondary N) is 1. The Balaban J connectivity index is 1.70. The van der Waals surface area contributed by atoms with E-state index in [0.717, 1.165) is 17.4 Å². The molecule has 0 spiro atoms. The monoisotopic (exact) mass is 310 g/mol. The van der Waals surface area contributed by atoms with E-state index in [4.69, 9.17) is 0 Å². The van der Waals surface area contributed by atoms with E-state index in [0.29, 0.717) is 12.6 Å². The van der Waals surface area contributed by atoms with Crippen LogP contribution in [-0.4, -0.2) is 37.0 Å². The molecule has 4 heteroatoms. The molecule has 18 heavy (non-hydrogen) atoms. The molecule has 0 unspecified atom stereocenters. The molecule has 1 aliphatic carbocycles. The van der Waals surface area contributed by atoms with Gasteiger partial charge in [0.2, 0.25) is 5.91 Å². The van der Waals surface area contributed by atoms with Gasteiger partial charge >= 0.3 is 0 Å². The highest BCUT2D eigenvalue weighted by Gasteiger charge is 2.21. The first-order valence-corrected chi connectivity index (χ1v) is 7.16. The maximum atomic E-state index is 11.8. The number of benzene rings is 1. The number of hydrogen-bond donors (Lipinski definition) is 1. The van der Waals surface area contributed by atoms with Crippen molar-refractivity contribution in [3.8, 4) is 0 Å². The number of likely N-dealkylation sites (N-methyl/N-ethyl adjacent to an activating group) is 1. The lowest BCUT2D eigenvalue weighted by Crippen LogP contribution is -2.37. The average Bonchev–Trinajstić information content (AvgIpc) is 3.19. The van der Waals surface area contributed by atoms with Crippen LogP contribution in [-0.2, 0) is 11.2 Å². The van der Waals surface area contributed by atoms with Gasteiger partial charge in [0.05, 0.1) is 6.54 Å². The molecule has 1 saturated carbocycles. The fraction of sp³-hybridized carbons (Fsp3) is 0.500. The van der Waals surface area contributed by atoms with Crippen molar-refractivity contribution in [3.63, 3.8) is 0 Å². The Morgan fingerprint density at radius 1 is 1.39 bits per heavy atom. The van der Waals surface area contributed by atoms with Crippen molar-refractivity contribution in [2.75, 3.05) is 20.1 Å². The van der Waals surface area contributed by atoms with Crippen LogP contribution in [0.1, 0.15) is 18.4 Å². The van der Waals surface area contributed by atoms with Crippen LogP contribution >= 0.6 is 15.9 Å². The number of carbonyl (C=O) groups is 1. The maximum absolute atomic E-state index is 11.8. The van der Waals surface area contributed by atoms with Crippen molar-refractivity contribution in [3.05, 3.63) is 34.3 Å². The summed E-state index contributed by atoms with van der Waals surface area (Å²) in [5.41, 5.74) is 1.26. The van der Waals surface area contributed by atoms with Gasteiger partial charge in [-0.05, 0) is 37.0 Å². The summed E-state index contributed by atoms with van der Waals surface area (Å²) in [5, 5.41) is 3.25. The highest BCUT2D eigenvalue weighted by atomic mass is 79.9. The molecule has 1 amide bonds. The zero-order valence-corrected chi connectivity index (χ0v) is 12.2. The van der Waals surface area contributed by atoms with E-state index >= 15 is 0 Å². The van der Waals surface area contributed by atoms with E-state index in [1.165, 1.54) is 18.4 Å². The third kappa shape index (κ3) is 4.42. The molecule has 0 aromatic heterocycles. The van der Waals surface area contributed by atoms with E-state index in [-0.39, 0.29) is 5.91 Å². The summed E-state index contributed by atoms with van der Waals surface area (Å²) in [4.78, 5) is 13.6. The summed E-state index contributed by atoms with van der Waals surface area (Å²) < 4.78 is 1.09. The number of nitrogens with zero attached hydrogens (tertiary/aromatic N) is 1. The van der Waals surface area contributed by atoms with Gasteiger partial charge in [-0.3, -0.25) is 4.79 Å². The molecule has 0 bridgehead atoms. The number of hydrogen-bond acceptors (Lipinski definition) is 2. The minimum absolute atomic E-state index is 0.180. The van der Waals surface area contributed by atoms with E-state index < -0.39 is 0 Å². The second-order valence-corrected chi connectivity index (χ2v) is 5.76. The number of halogens is 1. The molecule has 0 atom stereocenters.